The Kier molecular flexibility index (Phi) is 5.51. The number of nitrogens with one attached hydrogen (secondary N) is 1. The molecule has 6 heteroatoms. The molecule has 1 amide bonds. The Bertz CT molecular complexity index is 732. The van der Waals surface area contributed by atoms with Gasteiger partial charge < -0.3 is 15.8 Å². The van der Waals surface area contributed by atoms with E-state index in [0.29, 0.717) is 5.69 Å². The number of aromatic nitrogens is 1. The number of anilines is 1. The van der Waals surface area contributed by atoms with Gasteiger partial charge in [-0.3, -0.25) is 14.6 Å². The number of hydrogen-bond acceptors (Lipinski definition) is 5. The molecule has 0 bridgehead atoms. The first-order valence-electron chi connectivity index (χ1n) is 7.88. The molecule has 0 aliphatic heterocycles. The molecule has 0 fully saturated rings. The second kappa shape index (κ2) is 7.40. The third kappa shape index (κ3) is 5.03. The summed E-state index contributed by atoms with van der Waals surface area (Å²) in [5.74, 6) is -0.699. The monoisotopic (exact) mass is 329 g/mol. The van der Waals surface area contributed by atoms with Crippen molar-refractivity contribution in [3.05, 3.63) is 36.5 Å². The van der Waals surface area contributed by atoms with Gasteiger partial charge in [0.15, 0.2) is 0 Å². The standard InChI is InChI=1S/C18H23N3O3/c1-18(2,3)24-16(22)10-9-13(19)17(23)21-15-8-4-7-14-12(15)6-5-11-20-14/h4-8,11,13H,9-10,19H2,1-3H3,(H,21,23). The number of amides is 1. The molecule has 0 saturated carbocycles. The summed E-state index contributed by atoms with van der Waals surface area (Å²) in [6.45, 7) is 5.39. The first-order chi connectivity index (χ1) is 11.3. The number of pyridine rings is 1. The summed E-state index contributed by atoms with van der Waals surface area (Å²) in [6, 6.07) is 8.38. The molecule has 1 unspecified atom stereocenters. The van der Waals surface area contributed by atoms with Crippen molar-refractivity contribution < 1.29 is 14.3 Å². The Balaban J connectivity index is 1.95. The maximum atomic E-state index is 12.2. The largest absolute Gasteiger partial charge is 0.460 e. The first-order valence-corrected chi connectivity index (χ1v) is 7.88. The lowest BCUT2D eigenvalue weighted by Crippen LogP contribution is -2.36. The number of carbonyl (C=O) groups excluding carboxylic acids is 2. The smallest absolute Gasteiger partial charge is 0.306 e. The van der Waals surface area contributed by atoms with E-state index >= 15 is 0 Å². The number of nitrogens with zero attached hydrogens (tertiary/aromatic N) is 1. The fourth-order valence-corrected chi connectivity index (χ4v) is 2.23. The fourth-order valence-electron chi connectivity index (χ4n) is 2.23. The number of esters is 1. The van der Waals surface area contributed by atoms with Crippen LogP contribution in [0.4, 0.5) is 5.69 Å². The number of benzene rings is 1. The van der Waals surface area contributed by atoms with Gasteiger partial charge in [0.05, 0.1) is 17.2 Å². The van der Waals surface area contributed by atoms with Crippen LogP contribution in [0.1, 0.15) is 33.6 Å². The van der Waals surface area contributed by atoms with Gasteiger partial charge in [0, 0.05) is 18.0 Å². The Hall–Kier alpha value is -2.47. The maximum Gasteiger partial charge on any atom is 0.306 e. The predicted octanol–water partition coefficient (Wildman–Crippen LogP) is 2.62. The lowest BCUT2D eigenvalue weighted by molar-refractivity contribution is -0.155. The molecule has 0 saturated heterocycles. The molecule has 0 radical (unpaired) electrons. The summed E-state index contributed by atoms with van der Waals surface area (Å²) in [7, 11) is 0. The molecule has 1 heterocycles. The van der Waals surface area contributed by atoms with Crippen LogP contribution in [-0.2, 0) is 14.3 Å². The van der Waals surface area contributed by atoms with E-state index < -0.39 is 11.6 Å². The van der Waals surface area contributed by atoms with Crippen LogP contribution in [0.5, 0.6) is 0 Å². The molecule has 0 aliphatic carbocycles. The van der Waals surface area contributed by atoms with E-state index in [1.165, 1.54) is 0 Å². The van der Waals surface area contributed by atoms with Gasteiger partial charge in [0.25, 0.3) is 0 Å². The van der Waals surface area contributed by atoms with E-state index in [0.717, 1.165) is 10.9 Å². The second-order valence-electron chi connectivity index (χ2n) is 6.60. The van der Waals surface area contributed by atoms with Crippen molar-refractivity contribution in [2.45, 2.75) is 45.3 Å². The highest BCUT2D eigenvalue weighted by atomic mass is 16.6. The highest BCUT2D eigenvalue weighted by Crippen LogP contribution is 2.21. The Morgan fingerprint density at radius 3 is 2.71 bits per heavy atom. The molecule has 6 nitrogen and oxygen atoms in total. The number of fused-ring (bicyclic) bond motifs is 1. The summed E-state index contributed by atoms with van der Waals surface area (Å²) >= 11 is 0. The Labute approximate surface area is 141 Å². The van der Waals surface area contributed by atoms with Crippen LogP contribution < -0.4 is 11.1 Å². The number of nitrogens with two attached hydrogens (primary N) is 1. The van der Waals surface area contributed by atoms with Crippen LogP contribution in [0.3, 0.4) is 0 Å². The quantitative estimate of drug-likeness (QED) is 0.822. The molecule has 1 aromatic carbocycles. The molecule has 128 valence electrons. The maximum absolute atomic E-state index is 12.2. The van der Waals surface area contributed by atoms with E-state index in [2.05, 4.69) is 10.3 Å². The minimum Gasteiger partial charge on any atom is -0.460 e. The lowest BCUT2D eigenvalue weighted by atomic mass is 10.1. The molecule has 3 N–H and O–H groups in total. The van der Waals surface area contributed by atoms with Crippen LogP contribution in [0.2, 0.25) is 0 Å². The zero-order valence-electron chi connectivity index (χ0n) is 14.2. The van der Waals surface area contributed by atoms with Gasteiger partial charge >= 0.3 is 5.97 Å². The van der Waals surface area contributed by atoms with Gasteiger partial charge in [-0.1, -0.05) is 6.07 Å². The number of rotatable bonds is 5. The van der Waals surface area contributed by atoms with E-state index in [1.54, 1.807) is 39.1 Å². The Morgan fingerprint density at radius 2 is 2.00 bits per heavy atom. The van der Waals surface area contributed by atoms with Crippen molar-refractivity contribution >= 4 is 28.5 Å². The third-order valence-electron chi connectivity index (χ3n) is 3.32. The molecule has 2 aromatic rings. The van der Waals surface area contributed by atoms with Gasteiger partial charge in [-0.25, -0.2) is 0 Å². The summed E-state index contributed by atoms with van der Waals surface area (Å²) in [4.78, 5) is 28.2. The summed E-state index contributed by atoms with van der Waals surface area (Å²) < 4.78 is 5.21. The zero-order chi connectivity index (χ0) is 17.7. The van der Waals surface area contributed by atoms with Crippen LogP contribution >= 0.6 is 0 Å². The van der Waals surface area contributed by atoms with E-state index in [1.807, 2.05) is 18.2 Å². The zero-order valence-corrected chi connectivity index (χ0v) is 14.2. The van der Waals surface area contributed by atoms with Gasteiger partial charge in [0.1, 0.15) is 5.60 Å². The van der Waals surface area contributed by atoms with Crippen LogP contribution in [0, 0.1) is 0 Å². The molecular weight excluding hydrogens is 306 g/mol. The van der Waals surface area contributed by atoms with E-state index in [4.69, 9.17) is 10.5 Å². The average molecular weight is 329 g/mol. The molecule has 1 aromatic heterocycles. The minimum absolute atomic E-state index is 0.100. The van der Waals surface area contributed by atoms with Crippen LogP contribution in [0.15, 0.2) is 36.5 Å². The van der Waals surface area contributed by atoms with Gasteiger partial charge in [-0.2, -0.15) is 0 Å². The molecule has 2 rings (SSSR count). The van der Waals surface area contributed by atoms with Gasteiger partial charge in [-0.15, -0.1) is 0 Å². The van der Waals surface area contributed by atoms with Gasteiger partial charge in [-0.05, 0) is 51.5 Å². The van der Waals surface area contributed by atoms with Crippen molar-refractivity contribution in [1.82, 2.24) is 4.98 Å². The third-order valence-corrected chi connectivity index (χ3v) is 3.32. The average Bonchev–Trinajstić information content (AvgIpc) is 2.51. The minimum atomic E-state index is -0.788. The van der Waals surface area contributed by atoms with Crippen LogP contribution in [-0.4, -0.2) is 28.5 Å². The lowest BCUT2D eigenvalue weighted by Gasteiger charge is -2.20. The van der Waals surface area contributed by atoms with Crippen molar-refractivity contribution in [3.63, 3.8) is 0 Å². The molecule has 24 heavy (non-hydrogen) atoms. The van der Waals surface area contributed by atoms with Crippen molar-refractivity contribution in [2.75, 3.05) is 5.32 Å². The summed E-state index contributed by atoms with van der Waals surface area (Å²) in [6.07, 6.45) is 2.02. The number of hydrogen-bond donors (Lipinski definition) is 2. The fraction of sp³-hybridized carbons (Fsp3) is 0.389. The molecule has 1 atom stereocenters. The Morgan fingerprint density at radius 1 is 1.25 bits per heavy atom. The first kappa shape index (κ1) is 17.9. The number of carbonyl (C=O) groups is 2. The highest BCUT2D eigenvalue weighted by molar-refractivity contribution is 6.02. The molecular formula is C18H23N3O3. The normalized spacial score (nSPS) is 12.7. The van der Waals surface area contributed by atoms with Crippen molar-refractivity contribution in [1.29, 1.82) is 0 Å². The van der Waals surface area contributed by atoms with Crippen LogP contribution in [0.25, 0.3) is 10.9 Å². The van der Waals surface area contributed by atoms with E-state index in [9.17, 15) is 9.59 Å². The van der Waals surface area contributed by atoms with Gasteiger partial charge in [0.2, 0.25) is 5.91 Å². The van der Waals surface area contributed by atoms with E-state index in [-0.39, 0.29) is 24.7 Å². The number of ether oxygens (including phenoxy) is 1. The summed E-state index contributed by atoms with van der Waals surface area (Å²) in [5.41, 5.74) is 6.78. The molecule has 0 aliphatic rings. The predicted molar refractivity (Wildman–Crippen MR) is 93.4 cm³/mol. The SMILES string of the molecule is CC(C)(C)OC(=O)CCC(N)C(=O)Nc1cccc2ncccc12. The second-order valence-corrected chi connectivity index (χ2v) is 6.60. The summed E-state index contributed by atoms with van der Waals surface area (Å²) in [5, 5.41) is 3.64. The topological polar surface area (TPSA) is 94.3 Å². The molecule has 0 spiro atoms. The highest BCUT2D eigenvalue weighted by Gasteiger charge is 2.20. The van der Waals surface area contributed by atoms with Crippen molar-refractivity contribution in [2.24, 2.45) is 5.73 Å². The van der Waals surface area contributed by atoms with Crippen molar-refractivity contribution in [3.8, 4) is 0 Å².